The molecule has 0 saturated carbocycles. The standard InChI is InChI=1S/C18H21NO5/c1-18(2,3)24-17(22)19-13(11-12-7-5-4-6-8-12)14-9-10-15(23-14)16(20)21/h4-10,13H,11H2,1-3H3,(H,19,22)(H,20,21)/t13-/m0/s1. The van der Waals surface area contributed by atoms with Crippen molar-refractivity contribution >= 4 is 12.1 Å². The summed E-state index contributed by atoms with van der Waals surface area (Å²) in [6.45, 7) is 5.32. The summed E-state index contributed by atoms with van der Waals surface area (Å²) >= 11 is 0. The van der Waals surface area contributed by atoms with E-state index in [4.69, 9.17) is 14.3 Å². The second-order valence-electron chi connectivity index (χ2n) is 6.40. The quantitative estimate of drug-likeness (QED) is 0.870. The highest BCUT2D eigenvalue weighted by Gasteiger charge is 2.24. The molecule has 0 fully saturated rings. The van der Waals surface area contributed by atoms with Crippen LogP contribution in [0.1, 0.15) is 48.7 Å². The molecule has 1 amide bonds. The van der Waals surface area contributed by atoms with E-state index < -0.39 is 23.7 Å². The number of carbonyl (C=O) groups excluding carboxylic acids is 1. The van der Waals surface area contributed by atoms with Crippen molar-refractivity contribution in [3.8, 4) is 0 Å². The van der Waals surface area contributed by atoms with Gasteiger partial charge in [-0.1, -0.05) is 30.3 Å². The third-order valence-electron chi connectivity index (χ3n) is 3.15. The molecular formula is C18H21NO5. The number of amides is 1. The molecule has 1 heterocycles. The molecule has 128 valence electrons. The van der Waals surface area contributed by atoms with Crippen LogP contribution in [0.15, 0.2) is 46.9 Å². The van der Waals surface area contributed by atoms with Gasteiger partial charge in [-0.05, 0) is 38.5 Å². The number of ether oxygens (including phenoxy) is 1. The van der Waals surface area contributed by atoms with E-state index in [-0.39, 0.29) is 5.76 Å². The molecule has 0 aliphatic rings. The topological polar surface area (TPSA) is 88.8 Å². The van der Waals surface area contributed by atoms with E-state index in [9.17, 15) is 9.59 Å². The Kier molecular flexibility index (Phi) is 5.28. The summed E-state index contributed by atoms with van der Waals surface area (Å²) in [4.78, 5) is 23.1. The van der Waals surface area contributed by atoms with Gasteiger partial charge in [0.1, 0.15) is 11.4 Å². The number of hydrogen-bond acceptors (Lipinski definition) is 4. The number of hydrogen-bond donors (Lipinski definition) is 2. The van der Waals surface area contributed by atoms with Gasteiger partial charge >= 0.3 is 12.1 Å². The van der Waals surface area contributed by atoms with Gasteiger partial charge in [-0.15, -0.1) is 0 Å². The van der Waals surface area contributed by atoms with E-state index in [1.54, 1.807) is 26.8 Å². The number of furan rings is 1. The average Bonchev–Trinajstić information content (AvgIpc) is 2.95. The van der Waals surface area contributed by atoms with Crippen LogP contribution in [0.2, 0.25) is 0 Å². The Morgan fingerprint density at radius 3 is 2.38 bits per heavy atom. The minimum absolute atomic E-state index is 0.172. The third-order valence-corrected chi connectivity index (χ3v) is 3.15. The lowest BCUT2D eigenvalue weighted by Gasteiger charge is -2.23. The fourth-order valence-electron chi connectivity index (χ4n) is 2.18. The third kappa shape index (κ3) is 5.15. The summed E-state index contributed by atoms with van der Waals surface area (Å²) < 4.78 is 10.6. The molecule has 24 heavy (non-hydrogen) atoms. The van der Waals surface area contributed by atoms with Gasteiger partial charge in [-0.2, -0.15) is 0 Å². The Morgan fingerprint density at radius 1 is 1.17 bits per heavy atom. The smallest absolute Gasteiger partial charge is 0.408 e. The SMILES string of the molecule is CC(C)(C)OC(=O)N[C@@H](Cc1ccccc1)c1ccc(C(=O)O)o1. The van der Waals surface area contributed by atoms with Gasteiger partial charge in [-0.25, -0.2) is 9.59 Å². The van der Waals surface area contributed by atoms with Crippen LogP contribution in [-0.4, -0.2) is 22.8 Å². The molecule has 6 nitrogen and oxygen atoms in total. The summed E-state index contributed by atoms with van der Waals surface area (Å²) in [7, 11) is 0. The number of carboxylic acid groups (broad SMARTS) is 1. The summed E-state index contributed by atoms with van der Waals surface area (Å²) in [6, 6.07) is 11.9. The Balaban J connectivity index is 2.20. The normalized spacial score (nSPS) is 12.5. The van der Waals surface area contributed by atoms with Crippen molar-refractivity contribution in [1.29, 1.82) is 0 Å². The van der Waals surface area contributed by atoms with Gasteiger partial charge in [0.05, 0.1) is 6.04 Å². The summed E-state index contributed by atoms with van der Waals surface area (Å²) in [5.74, 6) is -0.965. The number of nitrogens with one attached hydrogen (secondary N) is 1. The second-order valence-corrected chi connectivity index (χ2v) is 6.40. The summed E-state index contributed by atoms with van der Waals surface area (Å²) in [5, 5.41) is 11.7. The molecule has 0 spiro atoms. The number of carboxylic acids is 1. The molecule has 0 aliphatic heterocycles. The number of rotatable bonds is 5. The molecule has 2 rings (SSSR count). The van der Waals surface area contributed by atoms with Crippen LogP contribution in [0.25, 0.3) is 0 Å². The maximum absolute atomic E-state index is 12.1. The molecule has 2 N–H and O–H groups in total. The van der Waals surface area contributed by atoms with Gasteiger partial charge in [0.25, 0.3) is 0 Å². The van der Waals surface area contributed by atoms with E-state index in [0.29, 0.717) is 12.2 Å². The highest BCUT2D eigenvalue weighted by Crippen LogP contribution is 2.22. The van der Waals surface area contributed by atoms with E-state index in [0.717, 1.165) is 5.56 Å². The van der Waals surface area contributed by atoms with Crippen LogP contribution >= 0.6 is 0 Å². The van der Waals surface area contributed by atoms with Crippen molar-refractivity contribution in [3.05, 3.63) is 59.5 Å². The Bertz CT molecular complexity index is 700. The minimum Gasteiger partial charge on any atom is -0.475 e. The van der Waals surface area contributed by atoms with Gasteiger partial charge in [0.15, 0.2) is 0 Å². The zero-order chi connectivity index (χ0) is 17.7. The molecule has 0 radical (unpaired) electrons. The van der Waals surface area contributed by atoms with Crippen LogP contribution in [0.4, 0.5) is 4.79 Å². The first-order valence-electron chi connectivity index (χ1n) is 7.61. The largest absolute Gasteiger partial charge is 0.475 e. The average molecular weight is 331 g/mol. The molecular weight excluding hydrogens is 310 g/mol. The lowest BCUT2D eigenvalue weighted by Crippen LogP contribution is -2.35. The highest BCUT2D eigenvalue weighted by atomic mass is 16.6. The van der Waals surface area contributed by atoms with Crippen molar-refractivity contribution < 1.29 is 23.8 Å². The molecule has 0 saturated heterocycles. The van der Waals surface area contributed by atoms with Crippen LogP contribution < -0.4 is 5.32 Å². The summed E-state index contributed by atoms with van der Waals surface area (Å²) in [6.07, 6.45) is -0.135. The first kappa shape index (κ1) is 17.6. The fourth-order valence-corrected chi connectivity index (χ4v) is 2.18. The monoisotopic (exact) mass is 331 g/mol. The lowest BCUT2D eigenvalue weighted by atomic mass is 10.0. The Hall–Kier alpha value is -2.76. The molecule has 1 aromatic carbocycles. The first-order chi connectivity index (χ1) is 11.2. The summed E-state index contributed by atoms with van der Waals surface area (Å²) in [5.41, 5.74) is 0.350. The fraction of sp³-hybridized carbons (Fsp3) is 0.333. The molecule has 0 aliphatic carbocycles. The second kappa shape index (κ2) is 7.21. The van der Waals surface area contributed by atoms with Crippen molar-refractivity contribution in [2.45, 2.75) is 38.8 Å². The molecule has 6 heteroatoms. The minimum atomic E-state index is -1.16. The predicted octanol–water partition coefficient (Wildman–Crippen LogP) is 3.79. The number of benzene rings is 1. The van der Waals surface area contributed by atoms with Crippen LogP contribution in [0, 0.1) is 0 Å². The first-order valence-corrected chi connectivity index (χ1v) is 7.61. The van der Waals surface area contributed by atoms with Crippen LogP contribution in [-0.2, 0) is 11.2 Å². The zero-order valence-electron chi connectivity index (χ0n) is 13.9. The van der Waals surface area contributed by atoms with Gasteiger partial charge in [-0.3, -0.25) is 0 Å². The van der Waals surface area contributed by atoms with Crippen molar-refractivity contribution in [2.75, 3.05) is 0 Å². The Morgan fingerprint density at radius 2 is 1.83 bits per heavy atom. The molecule has 0 unspecified atom stereocenters. The van der Waals surface area contributed by atoms with Crippen molar-refractivity contribution in [2.24, 2.45) is 0 Å². The van der Waals surface area contributed by atoms with E-state index >= 15 is 0 Å². The maximum atomic E-state index is 12.1. The van der Waals surface area contributed by atoms with E-state index in [1.165, 1.54) is 6.07 Å². The number of alkyl carbamates (subject to hydrolysis) is 1. The van der Waals surface area contributed by atoms with Gasteiger partial charge in [0, 0.05) is 6.42 Å². The van der Waals surface area contributed by atoms with Crippen LogP contribution in [0.3, 0.4) is 0 Å². The van der Waals surface area contributed by atoms with Crippen molar-refractivity contribution in [3.63, 3.8) is 0 Å². The van der Waals surface area contributed by atoms with E-state index in [2.05, 4.69) is 5.32 Å². The lowest BCUT2D eigenvalue weighted by molar-refractivity contribution is 0.0497. The molecule has 1 atom stereocenters. The number of aromatic carboxylic acids is 1. The van der Waals surface area contributed by atoms with E-state index in [1.807, 2.05) is 30.3 Å². The predicted molar refractivity (Wildman–Crippen MR) is 87.9 cm³/mol. The molecule has 0 bridgehead atoms. The van der Waals surface area contributed by atoms with Gasteiger partial charge < -0.3 is 19.6 Å². The molecule has 1 aromatic heterocycles. The number of carbonyl (C=O) groups is 2. The Labute approximate surface area is 140 Å². The van der Waals surface area contributed by atoms with Crippen LogP contribution in [0.5, 0.6) is 0 Å². The molecule has 2 aromatic rings. The zero-order valence-corrected chi connectivity index (χ0v) is 13.9. The maximum Gasteiger partial charge on any atom is 0.408 e. The van der Waals surface area contributed by atoms with Crippen molar-refractivity contribution in [1.82, 2.24) is 5.32 Å². The highest BCUT2D eigenvalue weighted by molar-refractivity contribution is 5.84. The van der Waals surface area contributed by atoms with Gasteiger partial charge in [0.2, 0.25) is 5.76 Å².